The van der Waals surface area contributed by atoms with Crippen molar-refractivity contribution in [1.82, 2.24) is 15.1 Å². The number of carbonyl (C=O) groups is 2. The highest BCUT2D eigenvalue weighted by atomic mass is 19.1. The largest absolute Gasteiger partial charge is 0.351 e. The van der Waals surface area contributed by atoms with Crippen molar-refractivity contribution in [3.05, 3.63) is 95.4 Å². The average Bonchev–Trinajstić information content (AvgIpc) is 3.13. The zero-order valence-corrected chi connectivity index (χ0v) is 18.3. The number of rotatable bonds is 6. The van der Waals surface area contributed by atoms with E-state index in [4.69, 9.17) is 5.73 Å². The summed E-state index contributed by atoms with van der Waals surface area (Å²) in [6.45, 7) is 4.14. The lowest BCUT2D eigenvalue weighted by molar-refractivity contribution is 0.0907. The third-order valence-electron chi connectivity index (χ3n) is 5.40. The van der Waals surface area contributed by atoms with Crippen LogP contribution in [0.15, 0.2) is 72.8 Å². The predicted molar refractivity (Wildman–Crippen MR) is 125 cm³/mol. The summed E-state index contributed by atoms with van der Waals surface area (Å²) in [5.74, 6) is -0.635. The Hall–Kier alpha value is -4.20. The van der Waals surface area contributed by atoms with Gasteiger partial charge in [-0.3, -0.25) is 9.48 Å². The summed E-state index contributed by atoms with van der Waals surface area (Å²) in [5, 5.41) is 10.9. The molecular formula is C25H24FN5O2. The fourth-order valence-electron chi connectivity index (χ4n) is 3.72. The van der Waals surface area contributed by atoms with E-state index in [1.54, 1.807) is 35.0 Å². The molecule has 0 aliphatic rings. The smallest absolute Gasteiger partial charge is 0.316 e. The van der Waals surface area contributed by atoms with E-state index in [1.807, 2.05) is 44.2 Å². The third-order valence-corrected chi connectivity index (χ3v) is 5.40. The molecule has 168 valence electrons. The van der Waals surface area contributed by atoms with Crippen LogP contribution in [0.5, 0.6) is 0 Å². The summed E-state index contributed by atoms with van der Waals surface area (Å²) in [5.41, 5.74) is 7.75. The fourth-order valence-corrected chi connectivity index (χ4v) is 3.72. The van der Waals surface area contributed by atoms with Crippen molar-refractivity contribution >= 4 is 28.5 Å². The van der Waals surface area contributed by atoms with E-state index < -0.39 is 11.6 Å². The van der Waals surface area contributed by atoms with Gasteiger partial charge in [0.1, 0.15) is 5.82 Å². The molecule has 1 heterocycles. The Morgan fingerprint density at radius 3 is 2.48 bits per heavy atom. The minimum atomic E-state index is -0.756. The van der Waals surface area contributed by atoms with Gasteiger partial charge in [-0.25, -0.2) is 9.18 Å². The quantitative estimate of drug-likeness (QED) is 0.410. The molecule has 0 radical (unpaired) electrons. The van der Waals surface area contributed by atoms with Gasteiger partial charge in [0.05, 0.1) is 17.6 Å². The predicted octanol–water partition coefficient (Wildman–Crippen LogP) is 4.38. The Labute approximate surface area is 190 Å². The van der Waals surface area contributed by atoms with Crippen LogP contribution in [0.4, 0.5) is 14.9 Å². The molecular weight excluding hydrogens is 421 g/mol. The first-order valence-corrected chi connectivity index (χ1v) is 10.4. The van der Waals surface area contributed by atoms with Crippen LogP contribution in [0, 0.1) is 5.82 Å². The second-order valence-corrected chi connectivity index (χ2v) is 8.30. The molecule has 0 spiro atoms. The van der Waals surface area contributed by atoms with Gasteiger partial charge < -0.3 is 16.4 Å². The molecule has 3 amide bonds. The number of anilines is 1. The molecule has 0 saturated carbocycles. The van der Waals surface area contributed by atoms with Gasteiger partial charge in [0, 0.05) is 11.1 Å². The number of carbonyl (C=O) groups excluding carboxylic acids is 2. The number of para-hydroxylation sites is 1. The Bertz CT molecular complexity index is 1330. The molecule has 33 heavy (non-hydrogen) atoms. The fraction of sp³-hybridized carbons (Fsp3) is 0.160. The van der Waals surface area contributed by atoms with E-state index in [0.29, 0.717) is 17.9 Å². The Balaban J connectivity index is 1.63. The molecule has 3 aromatic carbocycles. The third kappa shape index (κ3) is 4.85. The SMILES string of the molecule is CC(C)(NC(=O)c1nn(Cc2ccc(F)cc2)c2ccccc12)c1cccc(NC(N)=O)c1. The molecule has 0 aliphatic carbocycles. The average molecular weight is 445 g/mol. The first-order valence-electron chi connectivity index (χ1n) is 10.4. The van der Waals surface area contributed by atoms with Crippen LogP contribution >= 0.6 is 0 Å². The molecule has 0 aliphatic heterocycles. The normalized spacial score (nSPS) is 11.4. The minimum Gasteiger partial charge on any atom is -0.351 e. The number of benzene rings is 3. The molecule has 8 heteroatoms. The monoisotopic (exact) mass is 445 g/mol. The number of amides is 3. The lowest BCUT2D eigenvalue weighted by Gasteiger charge is -2.27. The number of urea groups is 1. The van der Waals surface area contributed by atoms with Crippen LogP contribution in [0.3, 0.4) is 0 Å². The van der Waals surface area contributed by atoms with Crippen LogP contribution in [-0.2, 0) is 12.1 Å². The molecule has 4 N–H and O–H groups in total. The van der Waals surface area contributed by atoms with Gasteiger partial charge in [-0.1, -0.05) is 42.5 Å². The van der Waals surface area contributed by atoms with Crippen molar-refractivity contribution in [2.75, 3.05) is 5.32 Å². The van der Waals surface area contributed by atoms with Crippen molar-refractivity contribution in [3.8, 4) is 0 Å². The van der Waals surface area contributed by atoms with Crippen molar-refractivity contribution in [2.45, 2.75) is 25.9 Å². The summed E-state index contributed by atoms with van der Waals surface area (Å²) in [6, 6.07) is 20.1. The number of nitrogens with two attached hydrogens (primary N) is 1. The molecule has 4 rings (SSSR count). The Morgan fingerprint density at radius 2 is 1.76 bits per heavy atom. The minimum absolute atomic E-state index is 0.298. The topological polar surface area (TPSA) is 102 Å². The van der Waals surface area contributed by atoms with Crippen LogP contribution in [0.2, 0.25) is 0 Å². The van der Waals surface area contributed by atoms with E-state index in [1.165, 1.54) is 12.1 Å². The maximum atomic E-state index is 13.3. The van der Waals surface area contributed by atoms with Gasteiger partial charge in [0.15, 0.2) is 5.69 Å². The zero-order chi connectivity index (χ0) is 23.6. The molecule has 0 unspecified atom stereocenters. The van der Waals surface area contributed by atoms with Crippen LogP contribution in [0.1, 0.15) is 35.5 Å². The molecule has 1 aromatic heterocycles. The van der Waals surface area contributed by atoms with E-state index >= 15 is 0 Å². The first-order chi connectivity index (χ1) is 15.7. The van der Waals surface area contributed by atoms with E-state index in [2.05, 4.69) is 15.7 Å². The lowest BCUT2D eigenvalue weighted by atomic mass is 9.93. The van der Waals surface area contributed by atoms with Gasteiger partial charge in [-0.2, -0.15) is 5.10 Å². The Morgan fingerprint density at radius 1 is 1.03 bits per heavy atom. The van der Waals surface area contributed by atoms with Crippen molar-refractivity contribution in [2.24, 2.45) is 5.73 Å². The van der Waals surface area contributed by atoms with Gasteiger partial charge in [-0.15, -0.1) is 0 Å². The summed E-state index contributed by atoms with van der Waals surface area (Å²) in [6.07, 6.45) is 0. The van der Waals surface area contributed by atoms with Gasteiger partial charge in [-0.05, 0) is 55.3 Å². The maximum Gasteiger partial charge on any atom is 0.316 e. The van der Waals surface area contributed by atoms with Crippen molar-refractivity contribution in [3.63, 3.8) is 0 Å². The van der Waals surface area contributed by atoms with Crippen LogP contribution in [0.25, 0.3) is 10.9 Å². The number of hydrogen-bond acceptors (Lipinski definition) is 3. The number of halogens is 1. The molecule has 4 aromatic rings. The molecule has 7 nitrogen and oxygen atoms in total. The summed E-state index contributed by atoms with van der Waals surface area (Å²) < 4.78 is 15.0. The number of fused-ring (bicyclic) bond motifs is 1. The van der Waals surface area contributed by atoms with Crippen LogP contribution < -0.4 is 16.4 Å². The van der Waals surface area contributed by atoms with Gasteiger partial charge in [0.25, 0.3) is 5.91 Å². The lowest BCUT2D eigenvalue weighted by Crippen LogP contribution is -2.41. The first kappa shape index (κ1) is 22.0. The standard InChI is InChI=1S/C25H24FN5O2/c1-25(2,17-6-5-7-19(14-17)28-24(27)33)29-23(32)22-20-8-3-4-9-21(20)31(30-22)15-16-10-12-18(26)13-11-16/h3-14H,15H2,1-2H3,(H,29,32)(H3,27,28,33). The summed E-state index contributed by atoms with van der Waals surface area (Å²) in [4.78, 5) is 24.5. The molecule has 0 bridgehead atoms. The zero-order valence-electron chi connectivity index (χ0n) is 18.3. The second-order valence-electron chi connectivity index (χ2n) is 8.30. The molecule has 0 atom stereocenters. The van der Waals surface area contributed by atoms with Gasteiger partial charge in [0.2, 0.25) is 0 Å². The van der Waals surface area contributed by atoms with E-state index in [-0.39, 0.29) is 11.7 Å². The summed E-state index contributed by atoms with van der Waals surface area (Å²) in [7, 11) is 0. The molecule has 0 saturated heterocycles. The van der Waals surface area contributed by atoms with Crippen molar-refractivity contribution in [1.29, 1.82) is 0 Å². The number of aromatic nitrogens is 2. The maximum absolute atomic E-state index is 13.3. The molecule has 0 fully saturated rings. The summed E-state index contributed by atoms with van der Waals surface area (Å²) >= 11 is 0. The van der Waals surface area contributed by atoms with E-state index in [9.17, 15) is 14.0 Å². The second kappa shape index (κ2) is 8.74. The van der Waals surface area contributed by atoms with E-state index in [0.717, 1.165) is 22.0 Å². The van der Waals surface area contributed by atoms with Crippen molar-refractivity contribution < 1.29 is 14.0 Å². The highest BCUT2D eigenvalue weighted by Crippen LogP contribution is 2.25. The number of nitrogens with zero attached hydrogens (tertiary/aromatic N) is 2. The van der Waals surface area contributed by atoms with Crippen LogP contribution in [-0.4, -0.2) is 21.7 Å². The highest BCUT2D eigenvalue weighted by molar-refractivity contribution is 6.05. The Kier molecular flexibility index (Phi) is 5.83. The number of hydrogen-bond donors (Lipinski definition) is 3. The van der Waals surface area contributed by atoms with Gasteiger partial charge >= 0.3 is 6.03 Å². The number of nitrogens with one attached hydrogen (secondary N) is 2. The number of primary amides is 1. The highest BCUT2D eigenvalue weighted by Gasteiger charge is 2.26.